The Labute approximate surface area is 169 Å². The number of ether oxygens (including phenoxy) is 1. The van der Waals surface area contributed by atoms with Crippen LogP contribution in [-0.2, 0) is 9.53 Å². The maximum absolute atomic E-state index is 12.1. The summed E-state index contributed by atoms with van der Waals surface area (Å²) in [6.45, 7) is 12.5. The second kappa shape index (κ2) is 13.5. The van der Waals surface area contributed by atoms with Crippen molar-refractivity contribution in [3.8, 4) is 17.6 Å². The molecule has 1 aromatic carbocycles. The number of likely N-dealkylation sites (N-methyl/N-ethyl adjacent to an activating group) is 1. The molecule has 0 aliphatic rings. The summed E-state index contributed by atoms with van der Waals surface area (Å²) in [6, 6.07) is 3.75. The van der Waals surface area contributed by atoms with E-state index in [1.165, 1.54) is 4.90 Å². The van der Waals surface area contributed by atoms with Crippen LogP contribution in [0.3, 0.4) is 0 Å². The number of aromatic hydroxyl groups is 2. The lowest BCUT2D eigenvalue weighted by Gasteiger charge is -2.17. The van der Waals surface area contributed by atoms with E-state index in [2.05, 4.69) is 13.2 Å². The standard InChI is InChI=1S/C14H15N3O5.C6H10O/c1-3-16(4-2)14(20)10(8-15)5-9-6-11(17(21)22)13(19)12(18)7-9;1-3-5-7-6-4-2/h5-7,18-19H,3-4H2,1-2H3;3-4H,1-2,5-6H2/b10-5+;. The Hall–Kier alpha value is -3.64. The maximum atomic E-state index is 12.1. The number of benzene rings is 1. The molecule has 1 rings (SSSR count). The fraction of sp³-hybridized carbons (Fsp3) is 0.300. The van der Waals surface area contributed by atoms with E-state index in [0.29, 0.717) is 26.3 Å². The van der Waals surface area contributed by atoms with E-state index in [0.717, 1.165) is 18.2 Å². The number of nitro groups is 1. The van der Waals surface area contributed by atoms with Crippen molar-refractivity contribution >= 4 is 17.7 Å². The Morgan fingerprint density at radius 1 is 1.28 bits per heavy atom. The minimum Gasteiger partial charge on any atom is -0.504 e. The zero-order valence-electron chi connectivity index (χ0n) is 16.5. The van der Waals surface area contributed by atoms with Gasteiger partial charge in [-0.1, -0.05) is 12.2 Å². The van der Waals surface area contributed by atoms with Gasteiger partial charge in [0.1, 0.15) is 11.6 Å². The summed E-state index contributed by atoms with van der Waals surface area (Å²) in [6.07, 6.45) is 4.56. The van der Waals surface area contributed by atoms with Crippen molar-refractivity contribution in [2.75, 3.05) is 26.3 Å². The highest BCUT2D eigenvalue weighted by Crippen LogP contribution is 2.36. The van der Waals surface area contributed by atoms with E-state index in [-0.39, 0.29) is 11.1 Å². The second-order valence-electron chi connectivity index (χ2n) is 5.43. The van der Waals surface area contributed by atoms with Gasteiger partial charge in [0.15, 0.2) is 5.75 Å². The van der Waals surface area contributed by atoms with Crippen LogP contribution in [0.15, 0.2) is 43.0 Å². The van der Waals surface area contributed by atoms with E-state index in [9.17, 15) is 25.1 Å². The highest BCUT2D eigenvalue weighted by atomic mass is 16.6. The van der Waals surface area contributed by atoms with Gasteiger partial charge in [0.2, 0.25) is 5.75 Å². The number of hydrogen-bond donors (Lipinski definition) is 2. The number of phenolic OH excluding ortho intramolecular Hbond substituents is 2. The molecule has 1 aromatic rings. The van der Waals surface area contributed by atoms with Crippen molar-refractivity contribution in [3.63, 3.8) is 0 Å². The van der Waals surface area contributed by atoms with Gasteiger partial charge in [-0.3, -0.25) is 14.9 Å². The lowest BCUT2D eigenvalue weighted by molar-refractivity contribution is -0.386. The van der Waals surface area contributed by atoms with Crippen LogP contribution < -0.4 is 0 Å². The van der Waals surface area contributed by atoms with Crippen LogP contribution in [0, 0.1) is 21.4 Å². The van der Waals surface area contributed by atoms with Gasteiger partial charge in [-0.15, -0.1) is 13.2 Å². The number of phenols is 2. The number of nitro benzene ring substituents is 1. The van der Waals surface area contributed by atoms with Gasteiger partial charge < -0.3 is 19.8 Å². The van der Waals surface area contributed by atoms with Gasteiger partial charge >= 0.3 is 5.69 Å². The SMILES string of the molecule is C=CCOCC=C.CCN(CC)C(=O)/C(C#N)=C/c1cc(O)c(O)c([N+](=O)[O-])c1. The molecule has 0 spiro atoms. The molecule has 2 N–H and O–H groups in total. The van der Waals surface area contributed by atoms with Crippen LogP contribution in [0.25, 0.3) is 6.08 Å². The molecule has 0 saturated carbocycles. The van der Waals surface area contributed by atoms with Crippen molar-refractivity contribution in [3.05, 3.63) is 58.7 Å². The molecule has 156 valence electrons. The number of amides is 1. The smallest absolute Gasteiger partial charge is 0.315 e. The van der Waals surface area contributed by atoms with E-state index in [1.807, 2.05) is 0 Å². The van der Waals surface area contributed by atoms with Crippen LogP contribution in [0.2, 0.25) is 0 Å². The molecule has 0 unspecified atom stereocenters. The molecule has 0 saturated heterocycles. The molecule has 0 atom stereocenters. The monoisotopic (exact) mass is 403 g/mol. The number of hydrogen-bond acceptors (Lipinski definition) is 7. The molecule has 29 heavy (non-hydrogen) atoms. The predicted molar refractivity (Wildman–Crippen MR) is 109 cm³/mol. The number of rotatable bonds is 9. The Balaban J connectivity index is 0.000000956. The molecule has 0 aliphatic carbocycles. The lowest BCUT2D eigenvalue weighted by Crippen LogP contribution is -2.31. The van der Waals surface area contributed by atoms with E-state index < -0.39 is 28.0 Å². The first-order chi connectivity index (χ1) is 13.8. The highest BCUT2D eigenvalue weighted by Gasteiger charge is 2.20. The average Bonchev–Trinajstić information content (AvgIpc) is 2.70. The Kier molecular flexibility index (Phi) is 11.8. The van der Waals surface area contributed by atoms with Crippen LogP contribution in [0.5, 0.6) is 11.5 Å². The van der Waals surface area contributed by atoms with Crippen molar-refractivity contribution < 1.29 is 24.7 Å². The molecule has 9 nitrogen and oxygen atoms in total. The van der Waals surface area contributed by atoms with Crippen molar-refractivity contribution in [1.82, 2.24) is 4.90 Å². The quantitative estimate of drug-likeness (QED) is 0.123. The summed E-state index contributed by atoms with van der Waals surface area (Å²) in [5.41, 5.74) is -0.860. The molecule has 1 amide bonds. The summed E-state index contributed by atoms with van der Waals surface area (Å²) < 4.78 is 4.90. The third-order valence-corrected chi connectivity index (χ3v) is 3.47. The third-order valence-electron chi connectivity index (χ3n) is 3.47. The fourth-order valence-corrected chi connectivity index (χ4v) is 2.07. The lowest BCUT2D eigenvalue weighted by atomic mass is 10.1. The van der Waals surface area contributed by atoms with Crippen LogP contribution >= 0.6 is 0 Å². The van der Waals surface area contributed by atoms with Gasteiger partial charge in [-0.05, 0) is 31.6 Å². The summed E-state index contributed by atoms with van der Waals surface area (Å²) in [4.78, 5) is 23.4. The minimum absolute atomic E-state index is 0.0686. The highest BCUT2D eigenvalue weighted by molar-refractivity contribution is 6.01. The topological polar surface area (TPSA) is 137 Å². The van der Waals surface area contributed by atoms with E-state index >= 15 is 0 Å². The molecule has 0 aliphatic heterocycles. The van der Waals surface area contributed by atoms with Crippen LogP contribution in [0.4, 0.5) is 5.69 Å². The number of carbonyl (C=O) groups excluding carboxylic acids is 1. The second-order valence-corrected chi connectivity index (χ2v) is 5.43. The van der Waals surface area contributed by atoms with Gasteiger partial charge in [-0.2, -0.15) is 5.26 Å². The Morgan fingerprint density at radius 2 is 1.83 bits per heavy atom. The van der Waals surface area contributed by atoms with E-state index in [1.54, 1.807) is 32.1 Å². The first-order valence-electron chi connectivity index (χ1n) is 8.68. The molecular formula is C20H25N3O6. The van der Waals surface area contributed by atoms with Gasteiger partial charge in [0, 0.05) is 19.2 Å². The number of nitrogens with zero attached hydrogens (tertiary/aromatic N) is 3. The number of carbonyl (C=O) groups is 1. The van der Waals surface area contributed by atoms with Gasteiger partial charge in [0.05, 0.1) is 18.1 Å². The molecule has 0 radical (unpaired) electrons. The molecule has 9 heteroatoms. The number of nitriles is 1. The van der Waals surface area contributed by atoms with Gasteiger partial charge in [0.25, 0.3) is 5.91 Å². The molecule has 0 aromatic heterocycles. The van der Waals surface area contributed by atoms with Crippen LogP contribution in [0.1, 0.15) is 19.4 Å². The molecular weight excluding hydrogens is 378 g/mol. The zero-order chi connectivity index (χ0) is 22.4. The fourth-order valence-electron chi connectivity index (χ4n) is 2.07. The average molecular weight is 403 g/mol. The summed E-state index contributed by atoms with van der Waals surface area (Å²) in [5.74, 6) is -2.08. The first kappa shape index (κ1) is 25.4. The van der Waals surface area contributed by atoms with Crippen molar-refractivity contribution in [2.45, 2.75) is 13.8 Å². The normalized spacial score (nSPS) is 10.2. The van der Waals surface area contributed by atoms with E-state index in [4.69, 9.17) is 10.00 Å². The maximum Gasteiger partial charge on any atom is 0.315 e. The summed E-state index contributed by atoms with van der Waals surface area (Å²) in [5, 5.41) is 38.8. The molecule has 0 fully saturated rings. The third kappa shape index (κ3) is 8.28. The molecule has 0 bridgehead atoms. The first-order valence-corrected chi connectivity index (χ1v) is 8.68. The Bertz CT molecular complexity index is 799. The largest absolute Gasteiger partial charge is 0.504 e. The van der Waals surface area contributed by atoms with Crippen LogP contribution in [-0.4, -0.2) is 52.2 Å². The Morgan fingerprint density at radius 3 is 2.24 bits per heavy atom. The summed E-state index contributed by atoms with van der Waals surface area (Å²) >= 11 is 0. The zero-order valence-corrected chi connectivity index (χ0v) is 16.5. The van der Waals surface area contributed by atoms with Crippen molar-refractivity contribution in [2.24, 2.45) is 0 Å². The van der Waals surface area contributed by atoms with Gasteiger partial charge in [-0.25, -0.2) is 0 Å². The predicted octanol–water partition coefficient (Wildman–Crippen LogP) is 3.16. The van der Waals surface area contributed by atoms with Crippen molar-refractivity contribution in [1.29, 1.82) is 5.26 Å². The summed E-state index contributed by atoms with van der Waals surface area (Å²) in [7, 11) is 0. The molecule has 0 heterocycles. The minimum atomic E-state index is -0.870.